The molecule has 0 saturated heterocycles. The average molecular weight is 241 g/mol. The number of quaternary nitrogens is 1. The molecule has 0 amide bonds. The molecule has 0 aromatic carbocycles. The number of hydrogen-bond donors (Lipinski definition) is 1. The molecule has 0 aliphatic rings. The van der Waals surface area contributed by atoms with Gasteiger partial charge in [0.05, 0.1) is 7.05 Å². The summed E-state index contributed by atoms with van der Waals surface area (Å²) in [6.45, 7) is 1.96. The quantitative estimate of drug-likeness (QED) is 0.255. The van der Waals surface area contributed by atoms with Gasteiger partial charge in [0.1, 0.15) is 4.05 Å². The predicted molar refractivity (Wildman–Crippen MR) is 47.5 cm³/mol. The summed E-state index contributed by atoms with van der Waals surface area (Å²) in [5, 5.41) is 10.9. The van der Waals surface area contributed by atoms with Crippen molar-refractivity contribution in [2.45, 2.75) is 17.4 Å². The van der Waals surface area contributed by atoms with E-state index in [9.17, 15) is 5.21 Å². The standard InChI is InChI=1S/C6H12INO/c1-3-4-5-6(7)8(2)9/h3-4,6,8H,5H2,1-2H3/b4-3-/t6-/m1/s1. The molecular weight excluding hydrogens is 229 g/mol. The fraction of sp³-hybridized carbons (Fsp3) is 0.667. The van der Waals surface area contributed by atoms with Crippen LogP contribution in [0.1, 0.15) is 13.3 Å². The lowest BCUT2D eigenvalue weighted by atomic mass is 10.4. The highest BCUT2D eigenvalue weighted by Gasteiger charge is 2.01. The van der Waals surface area contributed by atoms with Crippen molar-refractivity contribution >= 4 is 22.6 Å². The zero-order valence-corrected chi connectivity index (χ0v) is 7.88. The number of halogens is 1. The lowest BCUT2D eigenvalue weighted by Gasteiger charge is -2.21. The Balaban J connectivity index is 3.38. The SMILES string of the molecule is C/C=C\C[C@H](I)[NH+](C)[O-]. The number of nitrogens with one attached hydrogen (secondary N) is 1. The van der Waals surface area contributed by atoms with E-state index in [0.29, 0.717) is 0 Å². The van der Waals surface area contributed by atoms with Crippen LogP contribution >= 0.6 is 22.6 Å². The normalized spacial score (nSPS) is 18.2. The molecule has 54 valence electrons. The van der Waals surface area contributed by atoms with Crippen LogP contribution in [0.3, 0.4) is 0 Å². The molecule has 0 aromatic rings. The smallest absolute Gasteiger partial charge is 0.141 e. The van der Waals surface area contributed by atoms with Gasteiger partial charge in [-0.1, -0.05) is 12.2 Å². The number of alkyl halides is 1. The van der Waals surface area contributed by atoms with Gasteiger partial charge in [-0.2, -0.15) is 0 Å². The summed E-state index contributed by atoms with van der Waals surface area (Å²) >= 11 is 2.15. The number of allylic oxidation sites excluding steroid dienone is 1. The minimum Gasteiger partial charge on any atom is -0.634 e. The molecule has 0 fully saturated rings. The Morgan fingerprint density at radius 1 is 1.78 bits per heavy atom. The molecule has 9 heavy (non-hydrogen) atoms. The Labute approximate surface area is 69.6 Å². The monoisotopic (exact) mass is 241 g/mol. The van der Waals surface area contributed by atoms with Crippen LogP contribution in [0.4, 0.5) is 0 Å². The van der Waals surface area contributed by atoms with Crippen LogP contribution in [0.25, 0.3) is 0 Å². The Hall–Kier alpha value is 0.390. The second kappa shape index (κ2) is 5.20. The van der Waals surface area contributed by atoms with Crippen LogP contribution in [0.15, 0.2) is 12.2 Å². The van der Waals surface area contributed by atoms with E-state index in [1.165, 1.54) is 0 Å². The highest BCUT2D eigenvalue weighted by Crippen LogP contribution is 1.97. The lowest BCUT2D eigenvalue weighted by Crippen LogP contribution is -3.06. The molecule has 0 aliphatic heterocycles. The summed E-state index contributed by atoms with van der Waals surface area (Å²) in [5.74, 6) is 0. The first kappa shape index (κ1) is 9.39. The summed E-state index contributed by atoms with van der Waals surface area (Å²) in [6, 6.07) is 0. The third kappa shape index (κ3) is 4.87. The molecule has 0 aromatic heterocycles. The van der Waals surface area contributed by atoms with E-state index < -0.39 is 0 Å². The van der Waals surface area contributed by atoms with E-state index in [0.717, 1.165) is 6.42 Å². The third-order valence-corrected chi connectivity index (χ3v) is 2.41. The lowest BCUT2D eigenvalue weighted by molar-refractivity contribution is -0.832. The van der Waals surface area contributed by atoms with Crippen LogP contribution in [-0.4, -0.2) is 11.1 Å². The molecule has 0 rings (SSSR count). The van der Waals surface area contributed by atoms with Gasteiger partial charge in [0.2, 0.25) is 0 Å². The Kier molecular flexibility index (Phi) is 5.42. The van der Waals surface area contributed by atoms with Gasteiger partial charge in [-0.25, -0.2) is 0 Å². The van der Waals surface area contributed by atoms with Crippen molar-refractivity contribution in [3.8, 4) is 0 Å². The molecular formula is C6H12INO. The molecule has 1 unspecified atom stereocenters. The van der Waals surface area contributed by atoms with Gasteiger partial charge >= 0.3 is 0 Å². The average Bonchev–Trinajstić information content (AvgIpc) is 1.82. The van der Waals surface area contributed by atoms with Crippen LogP contribution in [0, 0.1) is 5.21 Å². The Bertz CT molecular complexity index is 93.1. The molecule has 0 heterocycles. The van der Waals surface area contributed by atoms with Crippen LogP contribution in [-0.2, 0) is 0 Å². The van der Waals surface area contributed by atoms with Crippen molar-refractivity contribution in [3.63, 3.8) is 0 Å². The van der Waals surface area contributed by atoms with Crippen molar-refractivity contribution in [2.75, 3.05) is 7.05 Å². The summed E-state index contributed by atoms with van der Waals surface area (Å²) in [4.78, 5) is 0. The van der Waals surface area contributed by atoms with E-state index in [4.69, 9.17) is 0 Å². The van der Waals surface area contributed by atoms with Gasteiger partial charge in [-0.3, -0.25) is 0 Å². The molecule has 1 N–H and O–H groups in total. The molecule has 0 bridgehead atoms. The molecule has 3 heteroatoms. The van der Waals surface area contributed by atoms with E-state index >= 15 is 0 Å². The summed E-state index contributed by atoms with van der Waals surface area (Å²) in [6.07, 6.45) is 4.85. The maximum atomic E-state index is 10.6. The molecule has 0 spiro atoms. The van der Waals surface area contributed by atoms with Crippen LogP contribution in [0.5, 0.6) is 0 Å². The fourth-order valence-electron chi connectivity index (χ4n) is 0.422. The first-order valence-electron chi connectivity index (χ1n) is 2.94. The topological polar surface area (TPSA) is 27.5 Å². The van der Waals surface area contributed by atoms with Crippen molar-refractivity contribution in [2.24, 2.45) is 0 Å². The van der Waals surface area contributed by atoms with Crippen molar-refractivity contribution in [1.82, 2.24) is 0 Å². The second-order valence-electron chi connectivity index (χ2n) is 1.88. The molecule has 0 radical (unpaired) electrons. The Morgan fingerprint density at radius 3 is 2.67 bits per heavy atom. The predicted octanol–water partition coefficient (Wildman–Crippen LogP) is 0.726. The van der Waals surface area contributed by atoms with Gasteiger partial charge in [-0.05, 0) is 29.5 Å². The van der Waals surface area contributed by atoms with E-state index in [1.54, 1.807) is 7.05 Å². The maximum Gasteiger partial charge on any atom is 0.141 e. The number of rotatable bonds is 3. The Morgan fingerprint density at radius 2 is 2.33 bits per heavy atom. The van der Waals surface area contributed by atoms with E-state index in [1.807, 2.05) is 19.1 Å². The summed E-state index contributed by atoms with van der Waals surface area (Å²) in [7, 11) is 1.63. The first-order chi connectivity index (χ1) is 4.18. The zero-order chi connectivity index (χ0) is 7.28. The molecule has 0 saturated carbocycles. The summed E-state index contributed by atoms with van der Waals surface area (Å²) in [5.41, 5.74) is 0. The van der Waals surface area contributed by atoms with Crippen molar-refractivity contribution in [1.29, 1.82) is 0 Å². The molecule has 2 atom stereocenters. The van der Waals surface area contributed by atoms with Gasteiger partial charge < -0.3 is 10.3 Å². The van der Waals surface area contributed by atoms with Gasteiger partial charge in [0.15, 0.2) is 0 Å². The largest absolute Gasteiger partial charge is 0.634 e. The minimum absolute atomic E-state index is 0.166. The van der Waals surface area contributed by atoms with E-state index in [-0.39, 0.29) is 9.11 Å². The summed E-state index contributed by atoms with van der Waals surface area (Å²) < 4.78 is 0.166. The van der Waals surface area contributed by atoms with Crippen molar-refractivity contribution in [3.05, 3.63) is 17.4 Å². The fourth-order valence-corrected chi connectivity index (χ4v) is 0.715. The third-order valence-electron chi connectivity index (χ3n) is 1.02. The highest BCUT2D eigenvalue weighted by atomic mass is 127. The van der Waals surface area contributed by atoms with Gasteiger partial charge in [-0.15, -0.1) is 0 Å². The van der Waals surface area contributed by atoms with Crippen LogP contribution < -0.4 is 5.06 Å². The van der Waals surface area contributed by atoms with Gasteiger partial charge in [0.25, 0.3) is 0 Å². The highest BCUT2D eigenvalue weighted by molar-refractivity contribution is 14.1. The van der Waals surface area contributed by atoms with Crippen LogP contribution in [0.2, 0.25) is 0 Å². The van der Waals surface area contributed by atoms with E-state index in [2.05, 4.69) is 22.6 Å². The minimum atomic E-state index is 0.166. The maximum absolute atomic E-state index is 10.6. The first-order valence-corrected chi connectivity index (χ1v) is 4.18. The number of hydroxylamine groups is 2. The number of hydrogen-bond acceptors (Lipinski definition) is 1. The zero-order valence-electron chi connectivity index (χ0n) is 5.73. The van der Waals surface area contributed by atoms with Gasteiger partial charge in [0, 0.05) is 6.42 Å². The molecule has 0 aliphatic carbocycles. The second-order valence-corrected chi connectivity index (χ2v) is 3.39. The molecule has 2 nitrogen and oxygen atoms in total. The van der Waals surface area contributed by atoms with Crippen molar-refractivity contribution < 1.29 is 5.06 Å².